The first kappa shape index (κ1) is 18.7. The van der Waals surface area contributed by atoms with Gasteiger partial charge in [-0.25, -0.2) is 9.37 Å². The third-order valence-corrected chi connectivity index (χ3v) is 4.84. The van der Waals surface area contributed by atoms with Crippen LogP contribution in [0, 0.1) is 5.82 Å². The third kappa shape index (κ3) is 3.56. The topological polar surface area (TPSA) is 88.6 Å². The van der Waals surface area contributed by atoms with E-state index in [4.69, 9.17) is 4.42 Å². The first-order valence-electron chi connectivity index (χ1n) is 9.10. The molecule has 7 nitrogen and oxygen atoms in total. The lowest BCUT2D eigenvalue weighted by molar-refractivity contribution is -0.140. The number of imidazole rings is 1. The van der Waals surface area contributed by atoms with Crippen molar-refractivity contribution in [3.63, 3.8) is 0 Å². The molecule has 2 aromatic heterocycles. The van der Waals surface area contributed by atoms with Gasteiger partial charge in [-0.05, 0) is 42.8 Å². The second-order valence-electron chi connectivity index (χ2n) is 6.67. The average Bonchev–Trinajstić information content (AvgIpc) is 3.46. The molecule has 1 amide bonds. The van der Waals surface area contributed by atoms with E-state index >= 15 is 0 Å². The molecule has 3 heterocycles. The highest BCUT2D eigenvalue weighted by Crippen LogP contribution is 2.39. The van der Waals surface area contributed by atoms with Gasteiger partial charge in [0, 0.05) is 31.0 Å². The molecule has 1 aliphatic rings. The molecule has 1 aliphatic heterocycles. The number of carbonyl (C=O) groups excluding carboxylic acids is 2. The van der Waals surface area contributed by atoms with Gasteiger partial charge in [0.25, 0.3) is 11.7 Å². The number of nitrogens with zero attached hydrogens (tertiary/aromatic N) is 3. The molecule has 0 spiro atoms. The number of aliphatic hydroxyl groups excluding tert-OH is 1. The molecular weight excluding hydrogens is 377 g/mol. The van der Waals surface area contributed by atoms with Crippen molar-refractivity contribution in [3.05, 3.63) is 84.1 Å². The van der Waals surface area contributed by atoms with Crippen LogP contribution in [0.25, 0.3) is 5.76 Å². The van der Waals surface area contributed by atoms with Crippen molar-refractivity contribution >= 4 is 17.4 Å². The first-order chi connectivity index (χ1) is 14.1. The van der Waals surface area contributed by atoms with E-state index < -0.39 is 23.5 Å². The number of hydrogen-bond donors (Lipinski definition) is 1. The van der Waals surface area contributed by atoms with Gasteiger partial charge < -0.3 is 19.0 Å². The van der Waals surface area contributed by atoms with Gasteiger partial charge in [0.15, 0.2) is 0 Å². The van der Waals surface area contributed by atoms with Crippen LogP contribution >= 0.6 is 0 Å². The summed E-state index contributed by atoms with van der Waals surface area (Å²) in [7, 11) is 0. The quantitative estimate of drug-likeness (QED) is 0.394. The molecule has 1 atom stereocenters. The number of Topliss-reactive ketones (excluding diaryl/α,β-unsaturated/α-hetero) is 1. The van der Waals surface area contributed by atoms with E-state index in [9.17, 15) is 19.1 Å². The molecule has 0 aliphatic carbocycles. The fourth-order valence-corrected chi connectivity index (χ4v) is 3.46. The van der Waals surface area contributed by atoms with Crippen molar-refractivity contribution in [2.24, 2.45) is 0 Å². The Hall–Kier alpha value is -3.68. The van der Waals surface area contributed by atoms with Gasteiger partial charge >= 0.3 is 0 Å². The summed E-state index contributed by atoms with van der Waals surface area (Å²) in [6.45, 7) is 0.903. The number of likely N-dealkylation sites (tertiary alicyclic amines) is 1. The highest BCUT2D eigenvalue weighted by molar-refractivity contribution is 6.46. The molecule has 1 aromatic carbocycles. The highest BCUT2D eigenvalue weighted by Gasteiger charge is 2.47. The molecule has 1 unspecified atom stereocenters. The molecule has 3 aromatic rings. The largest absolute Gasteiger partial charge is 0.507 e. The summed E-state index contributed by atoms with van der Waals surface area (Å²) in [5.74, 6) is -1.96. The van der Waals surface area contributed by atoms with E-state index in [2.05, 4.69) is 4.98 Å². The molecule has 0 saturated carbocycles. The average molecular weight is 395 g/mol. The van der Waals surface area contributed by atoms with Gasteiger partial charge in [-0.1, -0.05) is 0 Å². The number of aliphatic hydroxyl groups is 1. The molecule has 148 valence electrons. The van der Waals surface area contributed by atoms with Crippen LogP contribution in [-0.2, 0) is 16.1 Å². The fourth-order valence-electron chi connectivity index (χ4n) is 3.46. The number of aryl methyl sites for hydroxylation is 1. The van der Waals surface area contributed by atoms with Gasteiger partial charge in [-0.3, -0.25) is 9.59 Å². The van der Waals surface area contributed by atoms with Crippen molar-refractivity contribution < 1.29 is 23.5 Å². The zero-order valence-electron chi connectivity index (χ0n) is 15.4. The summed E-state index contributed by atoms with van der Waals surface area (Å²) < 4.78 is 20.6. The standard InChI is InChI=1S/C21H18FN3O4/c22-15-6-4-14(5-7-15)19(26)17-18(16-3-1-12-29-16)25(21(28)20(17)27)10-2-9-24-11-8-23-13-24/h1,3-8,11-13,18,26H,2,9-10H2. The summed E-state index contributed by atoms with van der Waals surface area (Å²) in [5, 5.41) is 10.8. The predicted molar refractivity (Wildman–Crippen MR) is 101 cm³/mol. The minimum Gasteiger partial charge on any atom is -0.507 e. The Morgan fingerprint density at radius 1 is 1.17 bits per heavy atom. The predicted octanol–water partition coefficient (Wildman–Crippen LogP) is 3.13. The second-order valence-corrected chi connectivity index (χ2v) is 6.67. The Morgan fingerprint density at radius 2 is 1.97 bits per heavy atom. The van der Waals surface area contributed by atoms with Crippen LogP contribution in [-0.4, -0.2) is 37.8 Å². The Labute approximate surface area is 165 Å². The number of benzene rings is 1. The molecule has 29 heavy (non-hydrogen) atoms. The second kappa shape index (κ2) is 7.75. The maximum Gasteiger partial charge on any atom is 0.295 e. The van der Waals surface area contributed by atoms with Crippen LogP contribution < -0.4 is 0 Å². The first-order valence-corrected chi connectivity index (χ1v) is 9.10. The summed E-state index contributed by atoms with van der Waals surface area (Å²) in [4.78, 5) is 30.8. The van der Waals surface area contributed by atoms with E-state index in [0.29, 0.717) is 18.7 Å². The lowest BCUT2D eigenvalue weighted by Crippen LogP contribution is -2.31. The molecule has 0 bridgehead atoms. The van der Waals surface area contributed by atoms with Crippen molar-refractivity contribution in [2.75, 3.05) is 6.54 Å². The highest BCUT2D eigenvalue weighted by atomic mass is 19.1. The minimum atomic E-state index is -0.849. The maximum atomic E-state index is 13.2. The van der Waals surface area contributed by atoms with Crippen LogP contribution in [0.4, 0.5) is 4.39 Å². The molecule has 1 N–H and O–H groups in total. The number of hydrogen-bond acceptors (Lipinski definition) is 5. The van der Waals surface area contributed by atoms with Crippen LogP contribution in [0.15, 0.2) is 71.4 Å². The lowest BCUT2D eigenvalue weighted by atomic mass is 9.99. The number of ketones is 1. The molecular formula is C21H18FN3O4. The molecule has 1 saturated heterocycles. The fraction of sp³-hybridized carbons (Fsp3) is 0.190. The number of aromatic nitrogens is 2. The van der Waals surface area contributed by atoms with Gasteiger partial charge in [0.05, 0.1) is 18.2 Å². The normalized spacial score (nSPS) is 18.5. The molecule has 4 rings (SSSR count). The molecule has 0 radical (unpaired) electrons. The van der Waals surface area contributed by atoms with Gasteiger partial charge in [0.2, 0.25) is 0 Å². The van der Waals surface area contributed by atoms with Crippen LogP contribution in [0.5, 0.6) is 0 Å². The Balaban J connectivity index is 1.68. The van der Waals surface area contributed by atoms with Crippen molar-refractivity contribution in [2.45, 2.75) is 19.0 Å². The zero-order chi connectivity index (χ0) is 20.4. The summed E-state index contributed by atoms with van der Waals surface area (Å²) in [6, 6.07) is 7.52. The maximum absolute atomic E-state index is 13.2. The van der Waals surface area contributed by atoms with E-state index in [1.165, 1.54) is 35.4 Å². The van der Waals surface area contributed by atoms with Gasteiger partial charge in [-0.15, -0.1) is 0 Å². The van der Waals surface area contributed by atoms with E-state index in [-0.39, 0.29) is 23.4 Å². The van der Waals surface area contributed by atoms with E-state index in [1.54, 1.807) is 24.7 Å². The zero-order valence-corrected chi connectivity index (χ0v) is 15.4. The molecule has 1 fully saturated rings. The summed E-state index contributed by atoms with van der Waals surface area (Å²) in [6.07, 6.45) is 7.17. The molecule has 8 heteroatoms. The number of carbonyl (C=O) groups is 2. The van der Waals surface area contributed by atoms with E-state index in [0.717, 1.165) is 0 Å². The van der Waals surface area contributed by atoms with E-state index in [1.807, 2.05) is 10.8 Å². The SMILES string of the molecule is O=C1C(=O)N(CCCn2ccnc2)C(c2ccco2)C1=C(O)c1ccc(F)cc1. The third-order valence-electron chi connectivity index (χ3n) is 4.84. The number of halogens is 1. The Bertz CT molecular complexity index is 1040. The number of rotatable bonds is 6. The number of furan rings is 1. The van der Waals surface area contributed by atoms with Crippen molar-refractivity contribution in [3.8, 4) is 0 Å². The van der Waals surface area contributed by atoms with Crippen LogP contribution in [0.1, 0.15) is 23.8 Å². The smallest absolute Gasteiger partial charge is 0.295 e. The van der Waals surface area contributed by atoms with Crippen LogP contribution in [0.2, 0.25) is 0 Å². The van der Waals surface area contributed by atoms with Crippen molar-refractivity contribution in [1.82, 2.24) is 14.5 Å². The monoisotopic (exact) mass is 395 g/mol. The Morgan fingerprint density at radius 3 is 2.62 bits per heavy atom. The summed E-state index contributed by atoms with van der Waals surface area (Å²) >= 11 is 0. The Kier molecular flexibility index (Phi) is 4.99. The van der Waals surface area contributed by atoms with Crippen molar-refractivity contribution in [1.29, 1.82) is 0 Å². The lowest BCUT2D eigenvalue weighted by Gasteiger charge is -2.23. The van der Waals surface area contributed by atoms with Crippen LogP contribution in [0.3, 0.4) is 0 Å². The number of amides is 1. The van der Waals surface area contributed by atoms with Gasteiger partial charge in [-0.2, -0.15) is 0 Å². The van der Waals surface area contributed by atoms with Gasteiger partial charge in [0.1, 0.15) is 23.4 Å². The summed E-state index contributed by atoms with van der Waals surface area (Å²) in [5.41, 5.74) is 0.179. The minimum absolute atomic E-state index is 0.0702.